The molecule has 22 heavy (non-hydrogen) atoms. The molecule has 116 valence electrons. The van der Waals surface area contributed by atoms with Gasteiger partial charge in [0.2, 0.25) is 0 Å². The maximum Gasteiger partial charge on any atom is 0.265 e. The predicted molar refractivity (Wildman–Crippen MR) is 83.4 cm³/mol. The lowest BCUT2D eigenvalue weighted by Gasteiger charge is -2.08. The van der Waals surface area contributed by atoms with Gasteiger partial charge in [0.25, 0.3) is 15.9 Å². The summed E-state index contributed by atoms with van der Waals surface area (Å²) in [4.78, 5) is 12.1. The predicted octanol–water partition coefficient (Wildman–Crippen LogP) is 2.51. The van der Waals surface area contributed by atoms with E-state index in [9.17, 15) is 13.2 Å². The molecule has 0 aromatic heterocycles. The number of ether oxygens (including phenoxy) is 1. The van der Waals surface area contributed by atoms with E-state index in [1.807, 2.05) is 19.9 Å². The largest absolute Gasteiger partial charge is 0.494 e. The van der Waals surface area contributed by atoms with Gasteiger partial charge in [-0.25, -0.2) is 13.1 Å². The van der Waals surface area contributed by atoms with Crippen LogP contribution in [0.1, 0.15) is 22.8 Å². The smallest absolute Gasteiger partial charge is 0.265 e. The van der Waals surface area contributed by atoms with Crippen molar-refractivity contribution in [2.75, 3.05) is 6.61 Å². The molecular weight excluding hydrogens is 302 g/mol. The molecule has 2 aromatic rings. The van der Waals surface area contributed by atoms with Crippen LogP contribution in [0.15, 0.2) is 53.4 Å². The molecule has 0 atom stereocenters. The van der Waals surface area contributed by atoms with E-state index in [4.69, 9.17) is 4.74 Å². The van der Waals surface area contributed by atoms with Crippen molar-refractivity contribution in [3.05, 3.63) is 59.7 Å². The molecule has 0 radical (unpaired) electrons. The van der Waals surface area contributed by atoms with Crippen LogP contribution in [-0.2, 0) is 10.0 Å². The van der Waals surface area contributed by atoms with Crippen LogP contribution < -0.4 is 9.46 Å². The number of nitrogens with one attached hydrogen (secondary N) is 1. The van der Waals surface area contributed by atoms with Crippen LogP contribution >= 0.6 is 0 Å². The van der Waals surface area contributed by atoms with Crippen molar-refractivity contribution in [2.45, 2.75) is 18.7 Å². The van der Waals surface area contributed by atoms with Gasteiger partial charge in [-0.2, -0.15) is 0 Å². The number of hydrogen-bond acceptors (Lipinski definition) is 4. The number of rotatable bonds is 5. The first kappa shape index (κ1) is 16.0. The Labute approximate surface area is 130 Å². The maximum absolute atomic E-state index is 12.2. The molecule has 0 heterocycles. The van der Waals surface area contributed by atoms with E-state index in [1.165, 1.54) is 12.1 Å². The van der Waals surface area contributed by atoms with Gasteiger partial charge in [-0.15, -0.1) is 0 Å². The number of amides is 1. The second-order valence-corrected chi connectivity index (χ2v) is 6.39. The lowest BCUT2D eigenvalue weighted by Crippen LogP contribution is -2.30. The highest BCUT2D eigenvalue weighted by atomic mass is 32.2. The van der Waals surface area contributed by atoms with E-state index in [0.717, 1.165) is 5.56 Å². The summed E-state index contributed by atoms with van der Waals surface area (Å²) in [5, 5.41) is 0. The van der Waals surface area contributed by atoms with Crippen molar-refractivity contribution in [2.24, 2.45) is 0 Å². The minimum atomic E-state index is -3.91. The van der Waals surface area contributed by atoms with Crippen LogP contribution in [0.5, 0.6) is 5.75 Å². The Morgan fingerprint density at radius 3 is 2.41 bits per heavy atom. The quantitative estimate of drug-likeness (QED) is 0.919. The topological polar surface area (TPSA) is 72.5 Å². The Bertz CT molecular complexity index is 767. The lowest BCUT2D eigenvalue weighted by molar-refractivity contribution is 0.0981. The molecule has 0 unspecified atom stereocenters. The van der Waals surface area contributed by atoms with Gasteiger partial charge < -0.3 is 4.74 Å². The maximum atomic E-state index is 12.2. The molecule has 2 rings (SSSR count). The highest BCUT2D eigenvalue weighted by Crippen LogP contribution is 2.16. The fourth-order valence-corrected chi connectivity index (χ4v) is 2.88. The molecule has 0 aliphatic heterocycles. The average molecular weight is 319 g/mol. The Hall–Kier alpha value is -2.34. The molecule has 0 aliphatic rings. The van der Waals surface area contributed by atoms with Gasteiger partial charge in [-0.1, -0.05) is 17.7 Å². The minimum absolute atomic E-state index is 0.0111. The van der Waals surface area contributed by atoms with Crippen molar-refractivity contribution >= 4 is 15.9 Å². The van der Waals surface area contributed by atoms with E-state index >= 15 is 0 Å². The number of sulfonamides is 1. The van der Waals surface area contributed by atoms with Crippen LogP contribution in [0.3, 0.4) is 0 Å². The van der Waals surface area contributed by atoms with Crippen molar-refractivity contribution in [3.63, 3.8) is 0 Å². The molecule has 5 nitrogen and oxygen atoms in total. The summed E-state index contributed by atoms with van der Waals surface area (Å²) >= 11 is 0. The first-order valence-corrected chi connectivity index (χ1v) is 8.27. The second-order valence-electron chi connectivity index (χ2n) is 4.71. The number of hydrogen-bond donors (Lipinski definition) is 1. The third kappa shape index (κ3) is 3.85. The Balaban J connectivity index is 2.18. The molecule has 0 fully saturated rings. The second kappa shape index (κ2) is 6.62. The van der Waals surface area contributed by atoms with Crippen LogP contribution in [0, 0.1) is 6.92 Å². The standard InChI is InChI=1S/C16H17NO4S/c1-3-21-14-7-9-15(10-8-14)22(19,20)17-16(18)13-6-4-5-12(2)11-13/h4-11H,3H2,1-2H3,(H,17,18). The highest BCUT2D eigenvalue weighted by Gasteiger charge is 2.18. The van der Waals surface area contributed by atoms with E-state index < -0.39 is 15.9 Å². The van der Waals surface area contributed by atoms with Crippen LogP contribution in [-0.4, -0.2) is 20.9 Å². The van der Waals surface area contributed by atoms with Gasteiger partial charge in [0.05, 0.1) is 11.5 Å². The van der Waals surface area contributed by atoms with Crippen molar-refractivity contribution in [1.82, 2.24) is 4.72 Å². The van der Waals surface area contributed by atoms with Crippen molar-refractivity contribution in [1.29, 1.82) is 0 Å². The molecule has 0 saturated heterocycles. The van der Waals surface area contributed by atoms with Gasteiger partial charge in [0.1, 0.15) is 5.75 Å². The zero-order chi connectivity index (χ0) is 16.2. The van der Waals surface area contributed by atoms with Crippen LogP contribution in [0.4, 0.5) is 0 Å². The average Bonchev–Trinajstić information content (AvgIpc) is 2.48. The summed E-state index contributed by atoms with van der Waals surface area (Å²) in [6.45, 7) is 4.17. The van der Waals surface area contributed by atoms with E-state index in [0.29, 0.717) is 17.9 Å². The zero-order valence-corrected chi connectivity index (χ0v) is 13.2. The normalized spacial score (nSPS) is 11.0. The lowest BCUT2D eigenvalue weighted by atomic mass is 10.1. The Morgan fingerprint density at radius 1 is 1.14 bits per heavy atom. The number of benzene rings is 2. The summed E-state index contributed by atoms with van der Waals surface area (Å²) < 4.78 is 31.7. The first-order chi connectivity index (χ1) is 10.4. The number of carbonyl (C=O) groups excluding carboxylic acids is 1. The monoisotopic (exact) mass is 319 g/mol. The highest BCUT2D eigenvalue weighted by molar-refractivity contribution is 7.90. The molecule has 6 heteroatoms. The Morgan fingerprint density at radius 2 is 1.82 bits per heavy atom. The summed E-state index contributed by atoms with van der Waals surface area (Å²) in [5.74, 6) is -0.0796. The van der Waals surface area contributed by atoms with Gasteiger partial charge in [-0.3, -0.25) is 4.79 Å². The molecule has 0 spiro atoms. The van der Waals surface area contributed by atoms with E-state index in [1.54, 1.807) is 30.3 Å². The van der Waals surface area contributed by atoms with Crippen LogP contribution in [0.25, 0.3) is 0 Å². The third-order valence-electron chi connectivity index (χ3n) is 2.95. The fraction of sp³-hybridized carbons (Fsp3) is 0.188. The molecule has 0 saturated carbocycles. The molecular formula is C16H17NO4S. The number of aryl methyl sites for hydroxylation is 1. The summed E-state index contributed by atoms with van der Waals surface area (Å²) in [7, 11) is -3.91. The minimum Gasteiger partial charge on any atom is -0.494 e. The molecule has 0 bridgehead atoms. The Kier molecular flexibility index (Phi) is 4.82. The van der Waals surface area contributed by atoms with Gasteiger partial charge in [0, 0.05) is 5.56 Å². The summed E-state index contributed by atoms with van der Waals surface area (Å²) in [5.41, 5.74) is 1.18. The first-order valence-electron chi connectivity index (χ1n) is 6.79. The van der Waals surface area contributed by atoms with Crippen LogP contribution in [0.2, 0.25) is 0 Å². The molecule has 2 aromatic carbocycles. The zero-order valence-electron chi connectivity index (χ0n) is 12.4. The molecule has 0 aliphatic carbocycles. The fourth-order valence-electron chi connectivity index (χ4n) is 1.91. The summed E-state index contributed by atoms with van der Waals surface area (Å²) in [6, 6.07) is 12.6. The number of carbonyl (C=O) groups is 1. The van der Waals surface area contributed by atoms with Crippen molar-refractivity contribution < 1.29 is 17.9 Å². The van der Waals surface area contributed by atoms with E-state index in [2.05, 4.69) is 4.72 Å². The van der Waals surface area contributed by atoms with Gasteiger partial charge in [-0.05, 0) is 50.2 Å². The van der Waals surface area contributed by atoms with E-state index in [-0.39, 0.29) is 4.90 Å². The molecule has 1 N–H and O–H groups in total. The van der Waals surface area contributed by atoms with Gasteiger partial charge >= 0.3 is 0 Å². The SMILES string of the molecule is CCOc1ccc(S(=O)(=O)NC(=O)c2cccc(C)c2)cc1. The van der Waals surface area contributed by atoms with Gasteiger partial charge in [0.15, 0.2) is 0 Å². The summed E-state index contributed by atoms with van der Waals surface area (Å²) in [6.07, 6.45) is 0. The molecule has 1 amide bonds. The third-order valence-corrected chi connectivity index (χ3v) is 4.30. The van der Waals surface area contributed by atoms with Crippen molar-refractivity contribution in [3.8, 4) is 5.75 Å².